The van der Waals surface area contributed by atoms with E-state index < -0.39 is 0 Å². The molecule has 25 heavy (non-hydrogen) atoms. The first kappa shape index (κ1) is 19.7. The molecule has 0 aromatic heterocycles. The molecule has 0 aliphatic heterocycles. The highest BCUT2D eigenvalue weighted by Gasteiger charge is 2.13. The fourth-order valence-corrected chi connectivity index (χ4v) is 3.37. The van der Waals surface area contributed by atoms with Crippen molar-refractivity contribution in [1.82, 2.24) is 10.4 Å². The van der Waals surface area contributed by atoms with Gasteiger partial charge in [0.2, 0.25) is 0 Å². The molecule has 3 nitrogen and oxygen atoms in total. The predicted octanol–water partition coefficient (Wildman–Crippen LogP) is 5.17. The summed E-state index contributed by atoms with van der Waals surface area (Å²) in [5.41, 5.74) is 6.96. The molecule has 1 aliphatic carbocycles. The predicted molar refractivity (Wildman–Crippen MR) is 107 cm³/mol. The average molecular weight is 343 g/mol. The lowest BCUT2D eigenvalue weighted by molar-refractivity contribution is 0.0321. The van der Waals surface area contributed by atoms with Crippen LogP contribution in [0.15, 0.2) is 47.7 Å². The van der Waals surface area contributed by atoms with Crippen molar-refractivity contribution in [2.75, 3.05) is 13.2 Å². The van der Waals surface area contributed by atoms with Gasteiger partial charge in [0.1, 0.15) is 0 Å². The average Bonchev–Trinajstić information content (AvgIpc) is 2.80. The molecule has 0 fully saturated rings. The maximum absolute atomic E-state index is 5.83. The van der Waals surface area contributed by atoms with Gasteiger partial charge >= 0.3 is 0 Å². The number of hydrogen-bond acceptors (Lipinski definition) is 3. The summed E-state index contributed by atoms with van der Waals surface area (Å²) >= 11 is 0. The standard InChI is InChI=1S/C22H34N2O/c1-18(2)24(19(3)4)15-16-25-23-22-14-10-6-9-13-21(22)17-20-11-7-5-8-12-20/h5,7-8,11-12,14,17-19,23H,6,9-10,13,15-16H2,1-4H3. The molecule has 0 atom stereocenters. The summed E-state index contributed by atoms with van der Waals surface area (Å²) in [7, 11) is 0. The Bertz CT molecular complexity index is 553. The monoisotopic (exact) mass is 342 g/mol. The van der Waals surface area contributed by atoms with Gasteiger partial charge < -0.3 is 0 Å². The van der Waals surface area contributed by atoms with Gasteiger partial charge in [0, 0.05) is 18.6 Å². The second kappa shape index (κ2) is 10.4. The van der Waals surface area contributed by atoms with Crippen LogP contribution in [0.2, 0.25) is 0 Å². The molecule has 0 amide bonds. The summed E-state index contributed by atoms with van der Waals surface area (Å²) in [5, 5.41) is 0. The zero-order valence-corrected chi connectivity index (χ0v) is 16.3. The lowest BCUT2D eigenvalue weighted by Gasteiger charge is -2.30. The van der Waals surface area contributed by atoms with Crippen molar-refractivity contribution in [3.63, 3.8) is 0 Å². The molecule has 0 bridgehead atoms. The van der Waals surface area contributed by atoms with Crippen molar-refractivity contribution < 1.29 is 4.84 Å². The Balaban J connectivity index is 1.93. The van der Waals surface area contributed by atoms with Crippen molar-refractivity contribution in [1.29, 1.82) is 0 Å². The minimum atomic E-state index is 0.536. The lowest BCUT2D eigenvalue weighted by Crippen LogP contribution is -2.40. The van der Waals surface area contributed by atoms with Gasteiger partial charge in [-0.25, -0.2) is 0 Å². The van der Waals surface area contributed by atoms with Crippen LogP contribution in [0.1, 0.15) is 58.9 Å². The van der Waals surface area contributed by atoms with Gasteiger partial charge in [0.25, 0.3) is 0 Å². The molecular formula is C22H34N2O. The van der Waals surface area contributed by atoms with E-state index in [2.05, 4.69) is 80.6 Å². The zero-order valence-electron chi connectivity index (χ0n) is 16.3. The van der Waals surface area contributed by atoms with E-state index in [1.165, 1.54) is 24.0 Å². The number of nitrogens with zero attached hydrogens (tertiary/aromatic N) is 1. The topological polar surface area (TPSA) is 24.5 Å². The first-order valence-electron chi connectivity index (χ1n) is 9.67. The maximum Gasteiger partial charge on any atom is 0.0873 e. The Kier molecular flexibility index (Phi) is 8.23. The number of benzene rings is 1. The van der Waals surface area contributed by atoms with Gasteiger partial charge in [-0.05, 0) is 70.6 Å². The lowest BCUT2D eigenvalue weighted by atomic mass is 10.0. The van der Waals surface area contributed by atoms with Gasteiger partial charge in [-0.15, -0.1) is 0 Å². The Morgan fingerprint density at radius 3 is 2.48 bits per heavy atom. The highest BCUT2D eigenvalue weighted by molar-refractivity contribution is 5.58. The van der Waals surface area contributed by atoms with Crippen molar-refractivity contribution in [3.8, 4) is 0 Å². The number of hydroxylamine groups is 1. The Labute approximate surface area is 153 Å². The van der Waals surface area contributed by atoms with Crippen molar-refractivity contribution >= 4 is 6.08 Å². The Morgan fingerprint density at radius 1 is 1.08 bits per heavy atom. The van der Waals surface area contributed by atoms with Crippen LogP contribution in [0.3, 0.4) is 0 Å². The van der Waals surface area contributed by atoms with E-state index in [4.69, 9.17) is 4.84 Å². The summed E-state index contributed by atoms with van der Waals surface area (Å²) in [6.45, 7) is 10.6. The number of hydrogen-bond donors (Lipinski definition) is 1. The zero-order chi connectivity index (χ0) is 18.1. The molecule has 1 aromatic rings. The minimum absolute atomic E-state index is 0.536. The van der Waals surface area contributed by atoms with Crippen LogP contribution in [0.25, 0.3) is 6.08 Å². The van der Waals surface area contributed by atoms with Crippen LogP contribution < -0.4 is 5.48 Å². The summed E-state index contributed by atoms with van der Waals surface area (Å²) in [6.07, 6.45) is 9.25. The van der Waals surface area contributed by atoms with E-state index in [0.717, 1.165) is 25.1 Å². The second-order valence-electron chi connectivity index (χ2n) is 7.32. The molecule has 0 saturated heterocycles. The van der Waals surface area contributed by atoms with Gasteiger partial charge in [-0.2, -0.15) is 0 Å². The smallest absolute Gasteiger partial charge is 0.0873 e. The van der Waals surface area contributed by atoms with E-state index in [1.54, 1.807) is 0 Å². The van der Waals surface area contributed by atoms with Crippen LogP contribution in [-0.4, -0.2) is 30.1 Å². The third-order valence-corrected chi connectivity index (χ3v) is 4.70. The quantitative estimate of drug-likeness (QED) is 0.521. The number of rotatable bonds is 8. The fraction of sp³-hybridized carbons (Fsp3) is 0.545. The molecule has 1 aromatic carbocycles. The van der Waals surface area contributed by atoms with Crippen LogP contribution in [0.4, 0.5) is 0 Å². The molecule has 2 rings (SSSR count). The van der Waals surface area contributed by atoms with Gasteiger partial charge in [0.05, 0.1) is 12.3 Å². The third-order valence-electron chi connectivity index (χ3n) is 4.70. The molecule has 0 spiro atoms. The summed E-state index contributed by atoms with van der Waals surface area (Å²) < 4.78 is 0. The van der Waals surface area contributed by atoms with Gasteiger partial charge in [-0.1, -0.05) is 36.4 Å². The largest absolute Gasteiger partial charge is 0.296 e. The van der Waals surface area contributed by atoms with E-state index in [-0.39, 0.29) is 0 Å². The first-order valence-corrected chi connectivity index (χ1v) is 9.67. The third kappa shape index (κ3) is 6.68. The van der Waals surface area contributed by atoms with E-state index in [9.17, 15) is 0 Å². The van der Waals surface area contributed by atoms with Crippen LogP contribution >= 0.6 is 0 Å². The van der Waals surface area contributed by atoms with Crippen molar-refractivity contribution in [2.45, 2.75) is 65.5 Å². The van der Waals surface area contributed by atoms with Gasteiger partial charge in [0.15, 0.2) is 0 Å². The van der Waals surface area contributed by atoms with Crippen LogP contribution in [0, 0.1) is 0 Å². The van der Waals surface area contributed by atoms with Crippen LogP contribution in [0.5, 0.6) is 0 Å². The summed E-state index contributed by atoms with van der Waals surface area (Å²) in [6, 6.07) is 11.6. The number of nitrogens with one attached hydrogen (secondary N) is 1. The Morgan fingerprint density at radius 2 is 1.80 bits per heavy atom. The molecule has 0 radical (unpaired) electrons. The SMILES string of the molecule is CC(C)N(CCONC1=CCCCCC1=Cc1ccccc1)C(C)C. The minimum Gasteiger partial charge on any atom is -0.296 e. The molecule has 138 valence electrons. The van der Waals surface area contributed by atoms with Crippen LogP contribution in [-0.2, 0) is 4.84 Å². The second-order valence-corrected chi connectivity index (χ2v) is 7.32. The first-order chi connectivity index (χ1) is 12.1. The molecule has 0 unspecified atom stereocenters. The maximum atomic E-state index is 5.83. The van der Waals surface area contributed by atoms with E-state index in [0.29, 0.717) is 18.7 Å². The van der Waals surface area contributed by atoms with E-state index >= 15 is 0 Å². The highest BCUT2D eigenvalue weighted by Crippen LogP contribution is 2.24. The number of allylic oxidation sites excluding steroid dienone is 2. The highest BCUT2D eigenvalue weighted by atomic mass is 16.6. The molecule has 0 heterocycles. The van der Waals surface area contributed by atoms with E-state index in [1.807, 2.05) is 0 Å². The molecule has 1 N–H and O–H groups in total. The molecule has 1 aliphatic rings. The molecule has 3 heteroatoms. The van der Waals surface area contributed by atoms with Crippen molar-refractivity contribution in [2.24, 2.45) is 0 Å². The normalized spacial score (nSPS) is 17.2. The summed E-state index contributed by atoms with van der Waals surface area (Å²) in [4.78, 5) is 8.27. The van der Waals surface area contributed by atoms with Gasteiger partial charge in [-0.3, -0.25) is 15.2 Å². The Hall–Kier alpha value is -1.58. The molecule has 0 saturated carbocycles. The van der Waals surface area contributed by atoms with Crippen molar-refractivity contribution in [3.05, 3.63) is 53.2 Å². The summed E-state index contributed by atoms with van der Waals surface area (Å²) in [5.74, 6) is 0. The molecular weight excluding hydrogens is 308 g/mol. The fourth-order valence-electron chi connectivity index (χ4n) is 3.37.